The summed E-state index contributed by atoms with van der Waals surface area (Å²) in [5.74, 6) is 2.81. The Labute approximate surface area is 125 Å². The second-order valence-corrected chi connectivity index (χ2v) is 6.01. The monoisotopic (exact) mass is 289 g/mol. The number of nitrogens with zero attached hydrogens (tertiary/aromatic N) is 3. The van der Waals surface area contributed by atoms with Crippen molar-refractivity contribution in [3.8, 4) is 5.75 Å². The molecule has 0 bridgehead atoms. The number of likely N-dealkylation sites (tertiary alicyclic amines) is 1. The SMILES string of the molecule is CN(CCN1CCCC1=O)c1cc(OCC2CC2)ccn1. The van der Waals surface area contributed by atoms with Gasteiger partial charge in [0.1, 0.15) is 11.6 Å². The van der Waals surface area contributed by atoms with Crippen LogP contribution in [-0.2, 0) is 4.79 Å². The number of rotatable bonds is 7. The first-order valence-electron chi connectivity index (χ1n) is 7.80. The number of anilines is 1. The van der Waals surface area contributed by atoms with E-state index in [1.165, 1.54) is 12.8 Å². The zero-order valence-corrected chi connectivity index (χ0v) is 12.6. The molecule has 1 aliphatic carbocycles. The predicted octanol–water partition coefficient (Wildman–Crippen LogP) is 1.93. The van der Waals surface area contributed by atoms with Crippen molar-refractivity contribution in [3.05, 3.63) is 18.3 Å². The molecule has 1 aromatic heterocycles. The lowest BCUT2D eigenvalue weighted by Crippen LogP contribution is -2.34. The summed E-state index contributed by atoms with van der Waals surface area (Å²) < 4.78 is 5.78. The third-order valence-corrected chi connectivity index (χ3v) is 4.17. The number of hydrogen-bond acceptors (Lipinski definition) is 4. The zero-order valence-electron chi connectivity index (χ0n) is 12.6. The Morgan fingerprint density at radius 2 is 2.33 bits per heavy atom. The van der Waals surface area contributed by atoms with E-state index in [1.54, 1.807) is 6.20 Å². The van der Waals surface area contributed by atoms with Gasteiger partial charge < -0.3 is 14.5 Å². The molecule has 5 nitrogen and oxygen atoms in total. The number of hydrogen-bond donors (Lipinski definition) is 0. The van der Waals surface area contributed by atoms with Crippen LogP contribution in [0.2, 0.25) is 0 Å². The number of carbonyl (C=O) groups excluding carboxylic acids is 1. The quantitative estimate of drug-likeness (QED) is 0.769. The van der Waals surface area contributed by atoms with Crippen molar-refractivity contribution in [1.82, 2.24) is 9.88 Å². The molecule has 1 saturated heterocycles. The van der Waals surface area contributed by atoms with Crippen molar-refractivity contribution in [2.45, 2.75) is 25.7 Å². The van der Waals surface area contributed by atoms with Crippen LogP contribution in [0.3, 0.4) is 0 Å². The van der Waals surface area contributed by atoms with Gasteiger partial charge in [-0.05, 0) is 31.2 Å². The van der Waals surface area contributed by atoms with Crippen molar-refractivity contribution in [2.75, 3.05) is 38.2 Å². The van der Waals surface area contributed by atoms with Crippen LogP contribution in [-0.4, -0.2) is 49.1 Å². The second-order valence-electron chi connectivity index (χ2n) is 6.01. The average molecular weight is 289 g/mol. The highest BCUT2D eigenvalue weighted by atomic mass is 16.5. The van der Waals surface area contributed by atoms with Gasteiger partial charge in [-0.25, -0.2) is 4.98 Å². The first kappa shape index (κ1) is 14.2. The minimum absolute atomic E-state index is 0.276. The van der Waals surface area contributed by atoms with Crippen LogP contribution >= 0.6 is 0 Å². The fourth-order valence-electron chi connectivity index (χ4n) is 2.52. The zero-order chi connectivity index (χ0) is 14.7. The Hall–Kier alpha value is -1.78. The lowest BCUT2D eigenvalue weighted by Gasteiger charge is -2.22. The molecule has 1 aliphatic heterocycles. The number of carbonyl (C=O) groups is 1. The lowest BCUT2D eigenvalue weighted by molar-refractivity contribution is -0.127. The summed E-state index contributed by atoms with van der Waals surface area (Å²) in [5, 5.41) is 0. The minimum Gasteiger partial charge on any atom is -0.493 e. The molecule has 0 spiro atoms. The van der Waals surface area contributed by atoms with E-state index in [1.807, 2.05) is 24.1 Å². The third kappa shape index (κ3) is 3.86. The number of likely N-dealkylation sites (N-methyl/N-ethyl adjacent to an activating group) is 1. The Morgan fingerprint density at radius 3 is 3.05 bits per heavy atom. The van der Waals surface area contributed by atoms with Crippen LogP contribution in [0.5, 0.6) is 5.75 Å². The van der Waals surface area contributed by atoms with Gasteiger partial charge in [-0.1, -0.05) is 0 Å². The summed E-state index contributed by atoms with van der Waals surface area (Å²) >= 11 is 0. The summed E-state index contributed by atoms with van der Waals surface area (Å²) in [7, 11) is 2.01. The summed E-state index contributed by atoms with van der Waals surface area (Å²) in [6.07, 6.45) is 6.07. The van der Waals surface area contributed by atoms with E-state index in [-0.39, 0.29) is 5.91 Å². The van der Waals surface area contributed by atoms with Gasteiger partial charge in [0, 0.05) is 45.4 Å². The molecule has 1 amide bonds. The van der Waals surface area contributed by atoms with Crippen LogP contribution in [0, 0.1) is 5.92 Å². The van der Waals surface area contributed by atoms with E-state index in [0.29, 0.717) is 6.42 Å². The predicted molar refractivity (Wildman–Crippen MR) is 81.5 cm³/mol. The third-order valence-electron chi connectivity index (χ3n) is 4.17. The van der Waals surface area contributed by atoms with Gasteiger partial charge in [0.15, 0.2) is 0 Å². The Balaban J connectivity index is 1.51. The molecule has 114 valence electrons. The van der Waals surface area contributed by atoms with Crippen LogP contribution in [0.25, 0.3) is 0 Å². The van der Waals surface area contributed by atoms with Crippen LogP contribution < -0.4 is 9.64 Å². The van der Waals surface area contributed by atoms with Gasteiger partial charge >= 0.3 is 0 Å². The largest absolute Gasteiger partial charge is 0.493 e. The van der Waals surface area contributed by atoms with Crippen LogP contribution in [0.15, 0.2) is 18.3 Å². The highest BCUT2D eigenvalue weighted by Gasteiger charge is 2.22. The Morgan fingerprint density at radius 1 is 1.48 bits per heavy atom. The Kier molecular flexibility index (Phi) is 4.27. The molecule has 21 heavy (non-hydrogen) atoms. The molecular formula is C16H23N3O2. The van der Waals surface area contributed by atoms with Gasteiger partial charge in [0.05, 0.1) is 6.61 Å². The fraction of sp³-hybridized carbons (Fsp3) is 0.625. The normalized spacial score (nSPS) is 18.1. The van der Waals surface area contributed by atoms with E-state index in [4.69, 9.17) is 4.74 Å². The topological polar surface area (TPSA) is 45.7 Å². The van der Waals surface area contributed by atoms with Gasteiger partial charge in [0.2, 0.25) is 5.91 Å². The van der Waals surface area contributed by atoms with Crippen molar-refractivity contribution >= 4 is 11.7 Å². The highest BCUT2D eigenvalue weighted by Crippen LogP contribution is 2.29. The molecule has 1 aromatic rings. The second kappa shape index (κ2) is 6.33. The molecule has 0 N–H and O–H groups in total. The van der Waals surface area contributed by atoms with Gasteiger partial charge in [-0.2, -0.15) is 0 Å². The number of pyridine rings is 1. The molecule has 3 rings (SSSR count). The first-order valence-corrected chi connectivity index (χ1v) is 7.80. The van der Waals surface area contributed by atoms with Crippen molar-refractivity contribution in [1.29, 1.82) is 0 Å². The van der Waals surface area contributed by atoms with Crippen LogP contribution in [0.4, 0.5) is 5.82 Å². The van der Waals surface area contributed by atoms with Gasteiger partial charge in [-0.3, -0.25) is 4.79 Å². The van der Waals surface area contributed by atoms with E-state index in [9.17, 15) is 4.79 Å². The number of amides is 1. The molecular weight excluding hydrogens is 266 g/mol. The molecule has 2 heterocycles. The molecule has 0 atom stereocenters. The van der Waals surface area contributed by atoms with Crippen molar-refractivity contribution in [2.24, 2.45) is 5.92 Å². The van der Waals surface area contributed by atoms with Gasteiger partial charge in [-0.15, -0.1) is 0 Å². The molecule has 5 heteroatoms. The fourth-order valence-corrected chi connectivity index (χ4v) is 2.52. The maximum atomic E-state index is 11.6. The van der Waals surface area contributed by atoms with E-state index in [0.717, 1.165) is 50.1 Å². The molecule has 2 fully saturated rings. The maximum absolute atomic E-state index is 11.6. The summed E-state index contributed by atoms with van der Waals surface area (Å²) in [4.78, 5) is 20.0. The Bertz CT molecular complexity index is 502. The van der Waals surface area contributed by atoms with Crippen LogP contribution in [0.1, 0.15) is 25.7 Å². The minimum atomic E-state index is 0.276. The molecule has 0 aromatic carbocycles. The highest BCUT2D eigenvalue weighted by molar-refractivity contribution is 5.78. The van der Waals surface area contributed by atoms with Crippen molar-refractivity contribution < 1.29 is 9.53 Å². The number of ether oxygens (including phenoxy) is 1. The molecule has 0 unspecified atom stereocenters. The van der Waals surface area contributed by atoms with E-state index < -0.39 is 0 Å². The van der Waals surface area contributed by atoms with E-state index >= 15 is 0 Å². The molecule has 0 radical (unpaired) electrons. The summed E-state index contributed by atoms with van der Waals surface area (Å²) in [5.41, 5.74) is 0. The van der Waals surface area contributed by atoms with Crippen molar-refractivity contribution in [3.63, 3.8) is 0 Å². The number of aromatic nitrogens is 1. The standard InChI is InChI=1S/C16H23N3O2/c1-18(9-10-19-8-2-3-16(19)20)15-11-14(6-7-17-15)21-12-13-4-5-13/h6-7,11,13H,2-5,8-10,12H2,1H3. The average Bonchev–Trinajstić information content (AvgIpc) is 3.25. The first-order chi connectivity index (χ1) is 10.2. The van der Waals surface area contributed by atoms with E-state index in [2.05, 4.69) is 9.88 Å². The maximum Gasteiger partial charge on any atom is 0.222 e. The lowest BCUT2D eigenvalue weighted by atomic mass is 10.4. The van der Waals surface area contributed by atoms with Gasteiger partial charge in [0.25, 0.3) is 0 Å². The molecule has 1 saturated carbocycles. The summed E-state index contributed by atoms with van der Waals surface area (Å²) in [6.45, 7) is 3.27. The smallest absolute Gasteiger partial charge is 0.222 e. The molecule has 2 aliphatic rings. The summed E-state index contributed by atoms with van der Waals surface area (Å²) in [6, 6.07) is 3.89.